The van der Waals surface area contributed by atoms with Crippen LogP contribution in [0.5, 0.6) is 0 Å². The van der Waals surface area contributed by atoms with Crippen molar-refractivity contribution in [2.24, 2.45) is 5.73 Å². The van der Waals surface area contributed by atoms with E-state index in [4.69, 9.17) is 5.73 Å². The molecule has 0 radical (unpaired) electrons. The number of para-hydroxylation sites is 1. The summed E-state index contributed by atoms with van der Waals surface area (Å²) in [7, 11) is 0. The molecule has 4 amide bonds. The number of nitrogens with one attached hydrogen (secondary N) is 4. The number of hydrogen-bond donors (Lipinski definition) is 6. The molecule has 12 nitrogen and oxygen atoms in total. The number of anilines is 1. The van der Waals surface area contributed by atoms with E-state index in [-0.39, 0.29) is 31.8 Å². The van der Waals surface area contributed by atoms with Gasteiger partial charge in [-0.05, 0) is 49.9 Å². The van der Waals surface area contributed by atoms with E-state index in [0.29, 0.717) is 25.1 Å². The second kappa shape index (κ2) is 13.9. The van der Waals surface area contributed by atoms with Crippen molar-refractivity contribution in [1.29, 1.82) is 0 Å². The fourth-order valence-corrected chi connectivity index (χ4v) is 5.93. The number of aliphatic hydroxyl groups excluding tert-OH is 1. The van der Waals surface area contributed by atoms with Gasteiger partial charge in [-0.1, -0.05) is 55.0 Å². The van der Waals surface area contributed by atoms with Crippen LogP contribution in [0, 0.1) is 0 Å². The van der Waals surface area contributed by atoms with Crippen molar-refractivity contribution in [3.05, 3.63) is 72.4 Å². The molecular formula is C32H39N7O5. The molecule has 3 aromatic rings. The number of fused-ring (bicyclic) bond motifs is 1. The summed E-state index contributed by atoms with van der Waals surface area (Å²) in [5.41, 5.74) is 6.26. The Morgan fingerprint density at radius 1 is 1.07 bits per heavy atom. The Morgan fingerprint density at radius 3 is 2.59 bits per heavy atom. The van der Waals surface area contributed by atoms with Gasteiger partial charge in [0.15, 0.2) is 0 Å². The van der Waals surface area contributed by atoms with Crippen LogP contribution < -0.4 is 27.0 Å². The fraction of sp³-hybridized carbons (Fsp3) is 0.406. The van der Waals surface area contributed by atoms with Crippen molar-refractivity contribution < 1.29 is 24.3 Å². The summed E-state index contributed by atoms with van der Waals surface area (Å²) in [5, 5.41) is 23.2. The number of benzene rings is 2. The molecular weight excluding hydrogens is 562 g/mol. The Balaban J connectivity index is 1.39. The zero-order chi connectivity index (χ0) is 31.1. The number of carbonyl (C=O) groups excluding carboxylic acids is 4. The van der Waals surface area contributed by atoms with Crippen LogP contribution >= 0.6 is 0 Å². The van der Waals surface area contributed by atoms with E-state index >= 15 is 0 Å². The molecule has 5 rings (SSSR count). The standard InChI is InChI=1S/C32H39N7O5/c33-18-28(41)37-32(38-30(43)27(40)14-13-21-8-2-1-3-9-21)17-26(39(20-32)31(44)25-12-6-7-15-34-25)29(42)36-23-16-22-10-4-5-11-24(22)35-19-23/h1-5,8-11,16,19,25-27,34,40H,6-7,12-15,17-18,20,33H2,(H,36,42)(H,37,41)(H,38,43)/t25?,26-,27+,32+/m0/s1. The molecule has 2 aliphatic rings. The van der Waals surface area contributed by atoms with Crippen LogP contribution in [0.4, 0.5) is 5.69 Å². The predicted octanol–water partition coefficient (Wildman–Crippen LogP) is 0.797. The van der Waals surface area contributed by atoms with E-state index < -0.39 is 41.6 Å². The first-order valence-electron chi connectivity index (χ1n) is 15.0. The molecule has 0 bridgehead atoms. The lowest BCUT2D eigenvalue weighted by Crippen LogP contribution is -2.65. The maximum absolute atomic E-state index is 13.8. The van der Waals surface area contributed by atoms with Crippen LogP contribution in [-0.4, -0.2) is 82.1 Å². The Kier molecular flexibility index (Phi) is 9.83. The summed E-state index contributed by atoms with van der Waals surface area (Å²) in [5.74, 6) is -2.09. The smallest absolute Gasteiger partial charge is 0.250 e. The molecule has 0 saturated carbocycles. The summed E-state index contributed by atoms with van der Waals surface area (Å²) >= 11 is 0. The maximum atomic E-state index is 13.8. The molecule has 4 atom stereocenters. The average molecular weight is 602 g/mol. The summed E-state index contributed by atoms with van der Waals surface area (Å²) in [6.45, 7) is 0.121. The van der Waals surface area contributed by atoms with Crippen LogP contribution in [0.15, 0.2) is 66.9 Å². The first-order chi connectivity index (χ1) is 21.3. The van der Waals surface area contributed by atoms with Gasteiger partial charge < -0.3 is 37.0 Å². The highest BCUT2D eigenvalue weighted by molar-refractivity contribution is 6.00. The van der Waals surface area contributed by atoms with Gasteiger partial charge in [-0.25, -0.2) is 0 Å². The van der Waals surface area contributed by atoms with E-state index in [9.17, 15) is 24.3 Å². The molecule has 1 unspecified atom stereocenters. The van der Waals surface area contributed by atoms with Gasteiger partial charge >= 0.3 is 0 Å². The van der Waals surface area contributed by atoms with Crippen LogP contribution in [-0.2, 0) is 25.6 Å². The van der Waals surface area contributed by atoms with Crippen LogP contribution in [0.3, 0.4) is 0 Å². The highest BCUT2D eigenvalue weighted by Gasteiger charge is 2.52. The van der Waals surface area contributed by atoms with E-state index in [2.05, 4.69) is 26.3 Å². The van der Waals surface area contributed by atoms with Gasteiger partial charge in [0.2, 0.25) is 17.7 Å². The van der Waals surface area contributed by atoms with Crippen molar-refractivity contribution >= 4 is 40.2 Å². The number of hydrogen-bond acceptors (Lipinski definition) is 8. The lowest BCUT2D eigenvalue weighted by molar-refractivity contribution is -0.139. The van der Waals surface area contributed by atoms with Gasteiger partial charge in [0.05, 0.1) is 36.5 Å². The molecule has 232 valence electrons. The van der Waals surface area contributed by atoms with E-state index in [1.807, 2.05) is 54.6 Å². The number of aliphatic hydroxyl groups is 1. The van der Waals surface area contributed by atoms with Crippen LogP contribution in [0.2, 0.25) is 0 Å². The summed E-state index contributed by atoms with van der Waals surface area (Å²) in [6.07, 6.45) is 3.03. The number of amides is 4. The van der Waals surface area contributed by atoms with Gasteiger partial charge in [0.1, 0.15) is 17.8 Å². The number of nitrogens with two attached hydrogens (primary N) is 1. The summed E-state index contributed by atoms with van der Waals surface area (Å²) < 4.78 is 0. The third kappa shape index (κ3) is 7.39. The lowest BCUT2D eigenvalue weighted by atomic mass is 10.0. The Morgan fingerprint density at radius 2 is 1.84 bits per heavy atom. The lowest BCUT2D eigenvalue weighted by Gasteiger charge is -2.33. The zero-order valence-electron chi connectivity index (χ0n) is 24.5. The molecule has 1 aromatic heterocycles. The minimum absolute atomic E-state index is 0.124. The number of nitrogens with zero attached hydrogens (tertiary/aromatic N) is 2. The number of piperidine rings is 1. The molecule has 2 saturated heterocycles. The van der Waals surface area contributed by atoms with Crippen molar-refractivity contribution in [2.75, 3.05) is 25.0 Å². The maximum Gasteiger partial charge on any atom is 0.250 e. The van der Waals surface area contributed by atoms with Crippen molar-refractivity contribution in [3.8, 4) is 0 Å². The van der Waals surface area contributed by atoms with E-state index in [1.165, 1.54) is 4.90 Å². The number of aryl methyl sites for hydroxylation is 1. The number of carbonyl (C=O) groups is 4. The predicted molar refractivity (Wildman–Crippen MR) is 165 cm³/mol. The third-order valence-corrected chi connectivity index (χ3v) is 8.19. The summed E-state index contributed by atoms with van der Waals surface area (Å²) in [6, 6.07) is 17.2. The quantitative estimate of drug-likeness (QED) is 0.185. The fourth-order valence-electron chi connectivity index (χ4n) is 5.93. The Bertz CT molecular complexity index is 1500. The molecule has 44 heavy (non-hydrogen) atoms. The number of likely N-dealkylation sites (tertiary alicyclic amines) is 1. The second-order valence-corrected chi connectivity index (χ2v) is 11.5. The Hall–Kier alpha value is -4.39. The SMILES string of the molecule is NCC(=O)N[C@@]1(NC(=O)[C@H](O)CCc2ccccc2)C[C@@H](C(=O)Nc2cnc3ccccc3c2)N(C(=O)C2CCCCN2)C1. The molecule has 12 heteroatoms. The normalized spacial score (nSPS) is 22.3. The number of pyridine rings is 1. The molecule has 7 N–H and O–H groups in total. The molecule has 0 spiro atoms. The van der Waals surface area contributed by atoms with Gasteiger partial charge in [-0.15, -0.1) is 0 Å². The van der Waals surface area contributed by atoms with E-state index in [0.717, 1.165) is 29.3 Å². The highest BCUT2D eigenvalue weighted by atomic mass is 16.3. The minimum atomic E-state index is -1.53. The van der Waals surface area contributed by atoms with Crippen LogP contribution in [0.25, 0.3) is 10.9 Å². The molecule has 2 fully saturated rings. The topological polar surface area (TPSA) is 179 Å². The van der Waals surface area contributed by atoms with Gasteiger partial charge in [0.25, 0.3) is 5.91 Å². The Labute approximate surface area is 255 Å². The highest BCUT2D eigenvalue weighted by Crippen LogP contribution is 2.29. The molecule has 2 aliphatic heterocycles. The monoisotopic (exact) mass is 601 g/mol. The van der Waals surface area contributed by atoms with Crippen molar-refractivity contribution in [3.63, 3.8) is 0 Å². The number of rotatable bonds is 10. The average Bonchev–Trinajstić information content (AvgIpc) is 3.42. The number of aromatic nitrogens is 1. The first-order valence-corrected chi connectivity index (χ1v) is 15.0. The zero-order valence-corrected chi connectivity index (χ0v) is 24.5. The van der Waals surface area contributed by atoms with Crippen molar-refractivity contribution in [2.45, 2.75) is 62.4 Å². The van der Waals surface area contributed by atoms with Crippen molar-refractivity contribution in [1.82, 2.24) is 25.8 Å². The minimum Gasteiger partial charge on any atom is -0.383 e. The van der Waals surface area contributed by atoms with Crippen LogP contribution in [0.1, 0.15) is 37.7 Å². The largest absolute Gasteiger partial charge is 0.383 e. The second-order valence-electron chi connectivity index (χ2n) is 11.5. The molecule has 2 aromatic carbocycles. The first kappa shape index (κ1) is 31.0. The van der Waals surface area contributed by atoms with Gasteiger partial charge in [-0.3, -0.25) is 24.2 Å². The summed E-state index contributed by atoms with van der Waals surface area (Å²) in [4.78, 5) is 59.4. The third-order valence-electron chi connectivity index (χ3n) is 8.19. The van der Waals surface area contributed by atoms with Gasteiger partial charge in [0, 0.05) is 11.8 Å². The molecule has 0 aliphatic carbocycles. The van der Waals surface area contributed by atoms with E-state index in [1.54, 1.807) is 12.3 Å². The molecule has 3 heterocycles. The van der Waals surface area contributed by atoms with Gasteiger partial charge in [-0.2, -0.15) is 0 Å².